The lowest BCUT2D eigenvalue weighted by Gasteiger charge is -2.35. The van der Waals surface area contributed by atoms with E-state index in [4.69, 9.17) is 9.47 Å². The van der Waals surface area contributed by atoms with E-state index in [0.717, 1.165) is 11.3 Å². The van der Waals surface area contributed by atoms with Crippen molar-refractivity contribution in [3.63, 3.8) is 0 Å². The predicted octanol–water partition coefficient (Wildman–Crippen LogP) is 3.04. The number of ether oxygens (including phenoxy) is 2. The number of hydrogen-bond donors (Lipinski definition) is 0. The van der Waals surface area contributed by atoms with Crippen molar-refractivity contribution >= 4 is 17.5 Å². The maximum absolute atomic E-state index is 12.9. The van der Waals surface area contributed by atoms with Gasteiger partial charge >= 0.3 is 0 Å². The van der Waals surface area contributed by atoms with Gasteiger partial charge in [-0.25, -0.2) is 0 Å². The normalized spacial score (nSPS) is 15.4. The van der Waals surface area contributed by atoms with Gasteiger partial charge in [0, 0.05) is 20.5 Å². The van der Waals surface area contributed by atoms with Gasteiger partial charge in [-0.05, 0) is 43.2 Å². The Labute approximate surface area is 165 Å². The van der Waals surface area contributed by atoms with Crippen molar-refractivity contribution in [2.45, 2.75) is 25.9 Å². The molecule has 6 heteroatoms. The third kappa shape index (κ3) is 4.63. The Kier molecular flexibility index (Phi) is 6.19. The summed E-state index contributed by atoms with van der Waals surface area (Å²) in [5.41, 5.74) is 1.84. The van der Waals surface area contributed by atoms with Crippen molar-refractivity contribution in [1.29, 1.82) is 0 Å². The molecule has 1 aliphatic heterocycles. The van der Waals surface area contributed by atoms with Gasteiger partial charge in [0.25, 0.3) is 5.91 Å². The molecule has 1 aliphatic rings. The largest absolute Gasteiger partial charge is 0.494 e. The monoisotopic (exact) mass is 382 g/mol. The number of amides is 2. The minimum Gasteiger partial charge on any atom is -0.494 e. The fraction of sp³-hybridized carbons (Fsp3) is 0.364. The first-order valence-electron chi connectivity index (χ1n) is 9.42. The molecule has 148 valence electrons. The Hall–Kier alpha value is -3.02. The van der Waals surface area contributed by atoms with Gasteiger partial charge in [-0.2, -0.15) is 0 Å². The molecule has 0 aliphatic carbocycles. The second-order valence-electron chi connectivity index (χ2n) is 7.08. The molecule has 0 bridgehead atoms. The number of benzene rings is 2. The summed E-state index contributed by atoms with van der Waals surface area (Å²) in [6.45, 7) is 2.69. The minimum atomic E-state index is -0.697. The van der Waals surface area contributed by atoms with Gasteiger partial charge in [0.05, 0.1) is 18.8 Å². The summed E-state index contributed by atoms with van der Waals surface area (Å²) >= 11 is 0. The van der Waals surface area contributed by atoms with Crippen LogP contribution in [0.4, 0.5) is 5.69 Å². The van der Waals surface area contributed by atoms with E-state index in [9.17, 15) is 9.59 Å². The number of fused-ring (bicyclic) bond motifs is 1. The van der Waals surface area contributed by atoms with Crippen LogP contribution in [0.5, 0.6) is 11.5 Å². The van der Waals surface area contributed by atoms with Crippen LogP contribution in [0.25, 0.3) is 0 Å². The summed E-state index contributed by atoms with van der Waals surface area (Å²) < 4.78 is 11.5. The van der Waals surface area contributed by atoms with E-state index in [2.05, 4.69) is 0 Å². The van der Waals surface area contributed by atoms with Gasteiger partial charge in [0.15, 0.2) is 6.10 Å². The molecule has 0 N–H and O–H groups in total. The number of carbonyl (C=O) groups is 2. The van der Waals surface area contributed by atoms with Crippen molar-refractivity contribution in [3.05, 3.63) is 54.1 Å². The number of rotatable bonds is 6. The lowest BCUT2D eigenvalue weighted by atomic mass is 10.1. The van der Waals surface area contributed by atoms with Crippen LogP contribution in [0.15, 0.2) is 48.5 Å². The molecule has 2 aromatic carbocycles. The van der Waals surface area contributed by atoms with E-state index in [-0.39, 0.29) is 18.4 Å². The second kappa shape index (κ2) is 8.78. The lowest BCUT2D eigenvalue weighted by Crippen LogP contribution is -2.50. The van der Waals surface area contributed by atoms with Gasteiger partial charge in [-0.3, -0.25) is 9.59 Å². The zero-order chi connectivity index (χ0) is 20.1. The molecule has 0 saturated heterocycles. The van der Waals surface area contributed by atoms with Gasteiger partial charge in [-0.15, -0.1) is 0 Å². The van der Waals surface area contributed by atoms with Crippen LogP contribution < -0.4 is 14.4 Å². The van der Waals surface area contributed by atoms with Crippen LogP contribution in [-0.4, -0.2) is 50.1 Å². The third-order valence-electron chi connectivity index (χ3n) is 4.58. The Morgan fingerprint density at radius 3 is 2.71 bits per heavy atom. The molecule has 2 amide bonds. The molecule has 1 atom stereocenters. The van der Waals surface area contributed by atoms with Crippen molar-refractivity contribution < 1.29 is 19.1 Å². The Balaban J connectivity index is 1.62. The van der Waals surface area contributed by atoms with Crippen molar-refractivity contribution in [3.8, 4) is 11.5 Å². The molecular weight excluding hydrogens is 356 g/mol. The van der Waals surface area contributed by atoms with E-state index in [0.29, 0.717) is 30.9 Å². The SMILES string of the molecule is Cc1cccc(OCCCC(=O)N2C[C@@H](C(=O)N(C)C)Oc3ccccc32)c1. The number of carbonyl (C=O) groups excluding carboxylic acids is 2. The molecule has 1 heterocycles. The first kappa shape index (κ1) is 19.7. The maximum Gasteiger partial charge on any atom is 0.265 e. The lowest BCUT2D eigenvalue weighted by molar-refractivity contribution is -0.136. The number of nitrogens with zero attached hydrogens (tertiary/aromatic N) is 2. The van der Waals surface area contributed by atoms with Crippen LogP contribution in [-0.2, 0) is 9.59 Å². The molecule has 3 rings (SSSR count). The molecule has 28 heavy (non-hydrogen) atoms. The number of hydrogen-bond acceptors (Lipinski definition) is 4. The Morgan fingerprint density at radius 2 is 1.96 bits per heavy atom. The highest BCUT2D eigenvalue weighted by atomic mass is 16.5. The Bertz CT molecular complexity index is 850. The fourth-order valence-electron chi connectivity index (χ4n) is 3.14. The maximum atomic E-state index is 12.9. The number of para-hydroxylation sites is 2. The summed E-state index contributed by atoms with van der Waals surface area (Å²) in [6, 6.07) is 15.2. The van der Waals surface area contributed by atoms with Crippen LogP contribution >= 0.6 is 0 Å². The highest BCUT2D eigenvalue weighted by Gasteiger charge is 2.34. The summed E-state index contributed by atoms with van der Waals surface area (Å²) in [5, 5.41) is 0. The van der Waals surface area contributed by atoms with E-state index >= 15 is 0 Å². The van der Waals surface area contributed by atoms with Crippen molar-refractivity contribution in [2.24, 2.45) is 0 Å². The van der Waals surface area contributed by atoms with Gasteiger partial charge in [0.2, 0.25) is 5.91 Å². The van der Waals surface area contributed by atoms with Crippen LogP contribution in [0.3, 0.4) is 0 Å². The molecule has 0 saturated carbocycles. The minimum absolute atomic E-state index is 0.0415. The highest BCUT2D eigenvalue weighted by molar-refractivity contribution is 5.97. The van der Waals surface area contributed by atoms with E-state index in [1.165, 1.54) is 4.90 Å². The summed E-state index contributed by atoms with van der Waals surface area (Å²) in [7, 11) is 3.36. The smallest absolute Gasteiger partial charge is 0.265 e. The number of likely N-dealkylation sites (N-methyl/N-ethyl adjacent to an activating group) is 1. The molecule has 0 fully saturated rings. The summed E-state index contributed by atoms with van der Waals surface area (Å²) in [5.74, 6) is 1.16. The van der Waals surface area contributed by atoms with Crippen molar-refractivity contribution in [2.75, 3.05) is 32.1 Å². The molecule has 0 aromatic heterocycles. The average molecular weight is 382 g/mol. The zero-order valence-corrected chi connectivity index (χ0v) is 16.6. The molecule has 2 aromatic rings. The molecule has 0 unspecified atom stereocenters. The third-order valence-corrected chi connectivity index (χ3v) is 4.58. The van der Waals surface area contributed by atoms with E-state index < -0.39 is 6.10 Å². The predicted molar refractivity (Wildman–Crippen MR) is 108 cm³/mol. The van der Waals surface area contributed by atoms with Gasteiger partial charge in [0.1, 0.15) is 11.5 Å². The van der Waals surface area contributed by atoms with Gasteiger partial charge in [-0.1, -0.05) is 24.3 Å². The quantitative estimate of drug-likeness (QED) is 0.721. The van der Waals surface area contributed by atoms with E-state index in [1.54, 1.807) is 25.1 Å². The summed E-state index contributed by atoms with van der Waals surface area (Å²) in [4.78, 5) is 28.4. The fourth-order valence-corrected chi connectivity index (χ4v) is 3.14. The second-order valence-corrected chi connectivity index (χ2v) is 7.08. The highest BCUT2D eigenvalue weighted by Crippen LogP contribution is 2.34. The standard InChI is InChI=1S/C22H26N2O4/c1-16-8-6-9-17(14-16)27-13-7-12-21(25)24-15-20(22(26)23(2)3)28-19-11-5-4-10-18(19)24/h4-6,8-11,14,20H,7,12-13,15H2,1-3H3/t20-/m0/s1. The topological polar surface area (TPSA) is 59.1 Å². The number of aryl methyl sites for hydroxylation is 1. The van der Waals surface area contributed by atoms with Crippen LogP contribution in [0.1, 0.15) is 18.4 Å². The van der Waals surface area contributed by atoms with Crippen molar-refractivity contribution in [1.82, 2.24) is 4.90 Å². The van der Waals surface area contributed by atoms with Gasteiger partial charge < -0.3 is 19.3 Å². The Morgan fingerprint density at radius 1 is 1.18 bits per heavy atom. The first-order chi connectivity index (χ1) is 13.5. The number of anilines is 1. The zero-order valence-electron chi connectivity index (χ0n) is 16.6. The summed E-state index contributed by atoms with van der Waals surface area (Å²) in [6.07, 6.45) is 0.235. The molecule has 0 spiro atoms. The molecule has 0 radical (unpaired) electrons. The molecular formula is C22H26N2O4. The van der Waals surface area contributed by atoms with Crippen LogP contribution in [0.2, 0.25) is 0 Å². The first-order valence-corrected chi connectivity index (χ1v) is 9.42. The van der Waals surface area contributed by atoms with E-state index in [1.807, 2.05) is 49.4 Å². The van der Waals surface area contributed by atoms with Crippen LogP contribution in [0, 0.1) is 6.92 Å². The average Bonchev–Trinajstić information content (AvgIpc) is 2.69. The molecule has 6 nitrogen and oxygen atoms in total.